The predicted molar refractivity (Wildman–Crippen MR) is 129 cm³/mol. The molecule has 3 aromatic rings. The molecule has 0 spiro atoms. The summed E-state index contributed by atoms with van der Waals surface area (Å²) in [6.45, 7) is 5.91. The summed E-state index contributed by atoms with van der Waals surface area (Å²) in [7, 11) is 0. The third-order valence-corrected chi connectivity index (χ3v) is 7.11. The van der Waals surface area contributed by atoms with Crippen LogP contribution < -0.4 is 5.56 Å². The van der Waals surface area contributed by atoms with Crippen LogP contribution in [0.25, 0.3) is 22.3 Å². The zero-order valence-electron chi connectivity index (χ0n) is 20.1. The number of ether oxygens (including phenoxy) is 2. The van der Waals surface area contributed by atoms with Gasteiger partial charge in [-0.3, -0.25) is 9.59 Å². The number of pyridine rings is 2. The van der Waals surface area contributed by atoms with Gasteiger partial charge < -0.3 is 19.1 Å². The summed E-state index contributed by atoms with van der Waals surface area (Å²) in [5.41, 5.74) is 4.17. The van der Waals surface area contributed by atoms with Crippen molar-refractivity contribution in [3.05, 3.63) is 62.4 Å². The van der Waals surface area contributed by atoms with Crippen LogP contribution in [0.15, 0.2) is 29.1 Å². The van der Waals surface area contributed by atoms with Gasteiger partial charge in [0.15, 0.2) is 0 Å². The van der Waals surface area contributed by atoms with Crippen molar-refractivity contribution < 1.29 is 24.2 Å². The van der Waals surface area contributed by atoms with Crippen LogP contribution in [0.4, 0.5) is 0 Å². The van der Waals surface area contributed by atoms with Crippen LogP contribution in [-0.2, 0) is 44.2 Å². The van der Waals surface area contributed by atoms with Crippen LogP contribution in [0.1, 0.15) is 60.9 Å². The first-order valence-electron chi connectivity index (χ1n) is 12.0. The molecule has 0 fully saturated rings. The van der Waals surface area contributed by atoms with Crippen molar-refractivity contribution in [3.63, 3.8) is 0 Å². The molecule has 0 radical (unpaired) electrons. The molecule has 0 unspecified atom stereocenters. The van der Waals surface area contributed by atoms with E-state index >= 15 is 0 Å². The number of carbonyl (C=O) groups excluding carboxylic acids is 2. The van der Waals surface area contributed by atoms with E-state index in [0.29, 0.717) is 29.1 Å². The monoisotopic (exact) mass is 476 g/mol. The second-order valence-corrected chi connectivity index (χ2v) is 9.16. The second kappa shape index (κ2) is 8.61. The minimum atomic E-state index is -1.71. The SMILES string of the molecule is CCc1c2c(nc3ccc(C)cc13)-c1cc3c(c(=O)n1C2)COC(=O)[C@@]3(CC)OC(=O)CCCO. The number of esters is 2. The maximum Gasteiger partial charge on any atom is 0.355 e. The highest BCUT2D eigenvalue weighted by Crippen LogP contribution is 2.42. The number of benzene rings is 1. The second-order valence-electron chi connectivity index (χ2n) is 9.16. The molecule has 35 heavy (non-hydrogen) atoms. The standard InChI is InChI=1S/C27H28N2O6/c1-4-16-17-11-15(3)8-9-21(17)28-24-18(16)13-29-22(24)12-20-19(25(29)32)14-34-26(33)27(20,5-2)35-23(31)7-6-10-30/h8-9,11-12,30H,4-7,10,13-14H2,1-3H3/t27-/m0/s1. The highest BCUT2D eigenvalue weighted by Gasteiger charge is 2.50. The number of aliphatic hydroxyl groups is 1. The van der Waals surface area contributed by atoms with Crippen LogP contribution in [0.5, 0.6) is 0 Å². The van der Waals surface area contributed by atoms with Crippen molar-refractivity contribution in [1.29, 1.82) is 0 Å². The van der Waals surface area contributed by atoms with Gasteiger partial charge >= 0.3 is 11.9 Å². The molecule has 2 aromatic heterocycles. The minimum absolute atomic E-state index is 0.0412. The molecular formula is C27H28N2O6. The topological polar surface area (TPSA) is 108 Å². The summed E-state index contributed by atoms with van der Waals surface area (Å²) in [6, 6.07) is 7.90. The molecule has 0 aliphatic carbocycles. The number of hydrogen-bond donors (Lipinski definition) is 1. The Morgan fingerprint density at radius 1 is 1.23 bits per heavy atom. The zero-order chi connectivity index (χ0) is 24.9. The summed E-state index contributed by atoms with van der Waals surface area (Å²) in [5, 5.41) is 10.1. The maximum absolute atomic E-state index is 13.7. The molecule has 8 heteroatoms. The molecule has 0 saturated carbocycles. The van der Waals surface area contributed by atoms with Gasteiger partial charge in [-0.2, -0.15) is 0 Å². The molecule has 182 valence electrons. The van der Waals surface area contributed by atoms with Crippen molar-refractivity contribution in [1.82, 2.24) is 9.55 Å². The van der Waals surface area contributed by atoms with Gasteiger partial charge in [0.25, 0.3) is 5.56 Å². The van der Waals surface area contributed by atoms with E-state index in [2.05, 4.69) is 13.0 Å². The molecule has 4 heterocycles. The Labute approximate surface area is 202 Å². The first-order valence-corrected chi connectivity index (χ1v) is 12.0. The van der Waals surface area contributed by atoms with Gasteiger partial charge in [0.05, 0.1) is 29.0 Å². The largest absolute Gasteiger partial charge is 0.457 e. The molecular weight excluding hydrogens is 448 g/mol. The van der Waals surface area contributed by atoms with E-state index < -0.39 is 17.5 Å². The van der Waals surface area contributed by atoms with Crippen LogP contribution >= 0.6 is 0 Å². The van der Waals surface area contributed by atoms with E-state index in [1.165, 1.54) is 0 Å². The Morgan fingerprint density at radius 3 is 2.74 bits per heavy atom. The Balaban J connectivity index is 1.73. The lowest BCUT2D eigenvalue weighted by Gasteiger charge is -2.35. The fraction of sp³-hybridized carbons (Fsp3) is 0.407. The lowest BCUT2D eigenvalue weighted by molar-refractivity contribution is -0.189. The fourth-order valence-electron chi connectivity index (χ4n) is 5.31. The average Bonchev–Trinajstić information content (AvgIpc) is 3.21. The number of carbonyl (C=O) groups is 2. The Morgan fingerprint density at radius 2 is 2.03 bits per heavy atom. The molecule has 2 aliphatic heterocycles. The summed E-state index contributed by atoms with van der Waals surface area (Å²) in [5.74, 6) is -1.32. The number of aliphatic hydroxyl groups excluding tert-OH is 1. The Bertz CT molecular complexity index is 1440. The van der Waals surface area contributed by atoms with E-state index in [-0.39, 0.29) is 38.0 Å². The van der Waals surface area contributed by atoms with Gasteiger partial charge in [-0.05, 0) is 49.9 Å². The first-order chi connectivity index (χ1) is 16.8. The number of cyclic esters (lactones) is 1. The van der Waals surface area contributed by atoms with Gasteiger partial charge in [-0.1, -0.05) is 25.5 Å². The molecule has 2 aliphatic rings. The number of rotatable bonds is 6. The quantitative estimate of drug-likeness (QED) is 0.426. The van der Waals surface area contributed by atoms with Crippen molar-refractivity contribution >= 4 is 22.8 Å². The van der Waals surface area contributed by atoms with Crippen LogP contribution in [0.3, 0.4) is 0 Å². The van der Waals surface area contributed by atoms with E-state index in [1.54, 1.807) is 17.6 Å². The van der Waals surface area contributed by atoms with Crippen LogP contribution in [0.2, 0.25) is 0 Å². The van der Waals surface area contributed by atoms with Gasteiger partial charge in [-0.25, -0.2) is 9.78 Å². The number of nitrogens with zero attached hydrogens (tertiary/aromatic N) is 2. The van der Waals surface area contributed by atoms with E-state index in [9.17, 15) is 14.4 Å². The van der Waals surface area contributed by atoms with Crippen molar-refractivity contribution in [2.75, 3.05) is 6.61 Å². The van der Waals surface area contributed by atoms with Gasteiger partial charge in [0, 0.05) is 29.5 Å². The molecule has 1 aromatic carbocycles. The average molecular weight is 477 g/mol. The lowest BCUT2D eigenvalue weighted by atomic mass is 9.85. The van der Waals surface area contributed by atoms with Gasteiger partial charge in [-0.15, -0.1) is 0 Å². The minimum Gasteiger partial charge on any atom is -0.457 e. The third-order valence-electron chi connectivity index (χ3n) is 7.11. The smallest absolute Gasteiger partial charge is 0.355 e. The number of hydrogen-bond acceptors (Lipinski definition) is 7. The Kier molecular flexibility index (Phi) is 5.71. The zero-order valence-corrected chi connectivity index (χ0v) is 20.1. The molecule has 8 nitrogen and oxygen atoms in total. The van der Waals surface area contributed by atoms with E-state index in [1.807, 2.05) is 19.1 Å². The summed E-state index contributed by atoms with van der Waals surface area (Å²) in [4.78, 5) is 44.1. The number of fused-ring (bicyclic) bond motifs is 5. The molecule has 0 bridgehead atoms. The van der Waals surface area contributed by atoms with Gasteiger partial charge in [0.1, 0.15) is 6.61 Å². The predicted octanol–water partition coefficient (Wildman–Crippen LogP) is 3.27. The van der Waals surface area contributed by atoms with E-state index in [0.717, 1.165) is 34.0 Å². The van der Waals surface area contributed by atoms with Crippen LogP contribution in [-0.4, -0.2) is 33.2 Å². The summed E-state index contributed by atoms with van der Waals surface area (Å²) >= 11 is 0. The molecule has 0 saturated heterocycles. The summed E-state index contributed by atoms with van der Waals surface area (Å²) in [6.07, 6.45) is 1.08. The van der Waals surface area contributed by atoms with E-state index in [4.69, 9.17) is 19.6 Å². The van der Waals surface area contributed by atoms with Gasteiger partial charge in [0.2, 0.25) is 5.60 Å². The molecule has 1 atom stereocenters. The molecule has 1 N–H and O–H groups in total. The lowest BCUT2D eigenvalue weighted by Crippen LogP contribution is -2.47. The maximum atomic E-state index is 13.7. The fourth-order valence-corrected chi connectivity index (χ4v) is 5.31. The molecule has 0 amide bonds. The summed E-state index contributed by atoms with van der Waals surface area (Å²) < 4.78 is 12.7. The van der Waals surface area contributed by atoms with Crippen molar-refractivity contribution in [2.45, 2.75) is 65.2 Å². The highest BCUT2D eigenvalue weighted by atomic mass is 16.6. The number of aromatic nitrogens is 2. The third kappa shape index (κ3) is 3.46. The first kappa shape index (κ1) is 23.2. The van der Waals surface area contributed by atoms with Crippen LogP contribution in [0, 0.1) is 6.92 Å². The van der Waals surface area contributed by atoms with Crippen molar-refractivity contribution in [2.24, 2.45) is 0 Å². The highest BCUT2D eigenvalue weighted by molar-refractivity contribution is 5.90. The van der Waals surface area contributed by atoms with Crippen molar-refractivity contribution in [3.8, 4) is 11.4 Å². The molecule has 5 rings (SSSR count). The number of aryl methyl sites for hydroxylation is 2. The normalized spacial score (nSPS) is 18.1. The Hall–Kier alpha value is -3.52.